The largest absolute Gasteiger partial charge is 0.478 e. The van der Waals surface area contributed by atoms with Gasteiger partial charge in [0.15, 0.2) is 0 Å². The molecule has 12 heteroatoms. The summed E-state index contributed by atoms with van der Waals surface area (Å²) >= 11 is 6.15. The highest BCUT2D eigenvalue weighted by Gasteiger charge is 2.25. The molecule has 4 rings (SSSR count). The summed E-state index contributed by atoms with van der Waals surface area (Å²) in [4.78, 5) is 37.1. The number of nitrogens with one attached hydrogen (secondary N) is 3. The summed E-state index contributed by atoms with van der Waals surface area (Å²) in [5, 5.41) is 29.6. The third-order valence-electron chi connectivity index (χ3n) is 6.00. The van der Waals surface area contributed by atoms with Crippen LogP contribution in [0.25, 0.3) is 11.8 Å². The van der Waals surface area contributed by atoms with E-state index in [4.69, 9.17) is 16.7 Å². The first kappa shape index (κ1) is 26.0. The third kappa shape index (κ3) is 7.21. The molecule has 1 saturated heterocycles. The van der Waals surface area contributed by atoms with Gasteiger partial charge in [0.25, 0.3) is 0 Å². The first-order chi connectivity index (χ1) is 17.9. The molecule has 1 unspecified atom stereocenters. The Morgan fingerprint density at radius 1 is 1.22 bits per heavy atom. The molecule has 0 spiro atoms. The summed E-state index contributed by atoms with van der Waals surface area (Å²) in [5.41, 5.74) is 1.80. The van der Waals surface area contributed by atoms with Crippen molar-refractivity contribution in [1.82, 2.24) is 30.8 Å². The van der Waals surface area contributed by atoms with Crippen molar-refractivity contribution in [2.45, 2.75) is 25.3 Å². The van der Waals surface area contributed by atoms with Gasteiger partial charge < -0.3 is 21.1 Å². The topological polar surface area (TPSA) is 151 Å². The van der Waals surface area contributed by atoms with Crippen LogP contribution < -0.4 is 16.0 Å². The Morgan fingerprint density at radius 2 is 2.03 bits per heavy atom. The molecule has 192 valence electrons. The highest BCUT2D eigenvalue weighted by atomic mass is 35.5. The molecule has 37 heavy (non-hydrogen) atoms. The molecule has 4 N–H and O–H groups in total. The SMILES string of the molecule is O=C(C=Cc1cc(Cl)ccc1-n1cnnn1)N[C@@H](CC1CCCNC1)C(=O)Nc1ccc(C(=O)O)cc1. The second kappa shape index (κ2) is 12.2. The van der Waals surface area contributed by atoms with E-state index in [0.29, 0.717) is 28.4 Å². The number of aromatic carboxylic acids is 1. The maximum atomic E-state index is 13.1. The van der Waals surface area contributed by atoms with E-state index >= 15 is 0 Å². The second-order valence-electron chi connectivity index (χ2n) is 8.67. The summed E-state index contributed by atoms with van der Waals surface area (Å²) in [6.45, 7) is 1.70. The average molecular weight is 524 g/mol. The molecule has 2 heterocycles. The van der Waals surface area contributed by atoms with Gasteiger partial charge in [-0.25, -0.2) is 4.79 Å². The van der Waals surface area contributed by atoms with Crippen molar-refractivity contribution >= 4 is 41.1 Å². The fourth-order valence-corrected chi connectivity index (χ4v) is 4.32. The zero-order valence-electron chi connectivity index (χ0n) is 19.8. The molecule has 11 nitrogen and oxygen atoms in total. The number of carboxylic acid groups (broad SMARTS) is 1. The molecule has 1 aliphatic heterocycles. The number of hydrogen-bond donors (Lipinski definition) is 4. The highest BCUT2D eigenvalue weighted by Crippen LogP contribution is 2.21. The Bertz CT molecular complexity index is 1270. The standard InChI is InChI=1S/C25H26ClN7O4/c26-19-6-9-22(33-15-28-31-32-33)18(13-19)5-10-23(34)30-21(12-16-2-1-11-27-14-16)24(35)29-20-7-3-17(4-8-20)25(36)37/h3-10,13,15-16,21,27H,1-2,11-12,14H2,(H,29,35)(H,30,34)(H,36,37)/t16?,21-/m0/s1. The van der Waals surface area contributed by atoms with Crippen LogP contribution in [0.4, 0.5) is 5.69 Å². The van der Waals surface area contributed by atoms with E-state index in [1.54, 1.807) is 24.3 Å². The molecule has 1 aliphatic rings. The summed E-state index contributed by atoms with van der Waals surface area (Å²) in [6.07, 6.45) is 6.76. The summed E-state index contributed by atoms with van der Waals surface area (Å²) in [6, 6.07) is 10.2. The van der Waals surface area contributed by atoms with Crippen molar-refractivity contribution in [2.24, 2.45) is 5.92 Å². The lowest BCUT2D eigenvalue weighted by Crippen LogP contribution is -2.46. The number of amides is 2. The van der Waals surface area contributed by atoms with E-state index in [2.05, 4.69) is 31.5 Å². The smallest absolute Gasteiger partial charge is 0.335 e. The van der Waals surface area contributed by atoms with Gasteiger partial charge in [0.05, 0.1) is 11.3 Å². The van der Waals surface area contributed by atoms with Crippen LogP contribution in [0.1, 0.15) is 35.2 Å². The van der Waals surface area contributed by atoms with Crippen LogP contribution in [-0.2, 0) is 9.59 Å². The second-order valence-corrected chi connectivity index (χ2v) is 9.11. The third-order valence-corrected chi connectivity index (χ3v) is 6.24. The number of carbonyl (C=O) groups is 3. The zero-order valence-corrected chi connectivity index (χ0v) is 20.6. The van der Waals surface area contributed by atoms with Crippen molar-refractivity contribution in [3.63, 3.8) is 0 Å². The van der Waals surface area contributed by atoms with E-state index in [9.17, 15) is 14.4 Å². The predicted molar refractivity (Wildman–Crippen MR) is 137 cm³/mol. The molecule has 0 bridgehead atoms. The van der Waals surface area contributed by atoms with Crippen LogP contribution in [0.2, 0.25) is 5.02 Å². The number of aromatic nitrogens is 4. The number of rotatable bonds is 9. The van der Waals surface area contributed by atoms with Crippen molar-refractivity contribution < 1.29 is 19.5 Å². The van der Waals surface area contributed by atoms with Crippen molar-refractivity contribution in [3.05, 3.63) is 71.0 Å². The number of tetrazole rings is 1. The molecule has 2 atom stereocenters. The fraction of sp³-hybridized carbons (Fsp3) is 0.280. The van der Waals surface area contributed by atoms with Crippen molar-refractivity contribution in [2.75, 3.05) is 18.4 Å². The number of nitrogens with zero attached hydrogens (tertiary/aromatic N) is 4. The molecular formula is C25H26ClN7O4. The van der Waals surface area contributed by atoms with Gasteiger partial charge in [-0.3, -0.25) is 9.59 Å². The molecule has 0 aliphatic carbocycles. The van der Waals surface area contributed by atoms with Gasteiger partial charge >= 0.3 is 5.97 Å². The number of carbonyl (C=O) groups excluding carboxylic acids is 2. The summed E-state index contributed by atoms with van der Waals surface area (Å²) < 4.78 is 1.45. The van der Waals surface area contributed by atoms with Gasteiger partial charge in [0.1, 0.15) is 12.4 Å². The number of halogens is 1. The molecule has 0 radical (unpaired) electrons. The van der Waals surface area contributed by atoms with Gasteiger partial charge in [0, 0.05) is 22.3 Å². The van der Waals surface area contributed by atoms with Crippen LogP contribution in [0.3, 0.4) is 0 Å². The first-order valence-corrected chi connectivity index (χ1v) is 12.1. The minimum atomic E-state index is -1.05. The molecular weight excluding hydrogens is 498 g/mol. The summed E-state index contributed by atoms with van der Waals surface area (Å²) in [5.74, 6) is -1.66. The number of anilines is 1. The average Bonchev–Trinajstić information content (AvgIpc) is 3.43. The minimum absolute atomic E-state index is 0.114. The van der Waals surface area contributed by atoms with E-state index < -0.39 is 17.9 Å². The molecule has 1 fully saturated rings. The Balaban J connectivity index is 1.48. The number of benzene rings is 2. The Labute approximate surface area is 217 Å². The molecule has 2 aromatic carbocycles. The number of hydrogen-bond acceptors (Lipinski definition) is 7. The van der Waals surface area contributed by atoms with E-state index in [1.807, 2.05) is 0 Å². The summed E-state index contributed by atoms with van der Waals surface area (Å²) in [7, 11) is 0. The number of carboxylic acids is 1. The normalized spacial score (nSPS) is 16.3. The minimum Gasteiger partial charge on any atom is -0.478 e. The van der Waals surface area contributed by atoms with Gasteiger partial charge in [-0.15, -0.1) is 5.10 Å². The predicted octanol–water partition coefficient (Wildman–Crippen LogP) is 2.54. The Morgan fingerprint density at radius 3 is 2.70 bits per heavy atom. The quantitative estimate of drug-likeness (QED) is 0.312. The van der Waals surface area contributed by atoms with Crippen LogP contribution in [0, 0.1) is 5.92 Å². The van der Waals surface area contributed by atoms with Crippen molar-refractivity contribution in [1.29, 1.82) is 0 Å². The molecule has 1 aromatic heterocycles. The first-order valence-electron chi connectivity index (χ1n) is 11.8. The maximum Gasteiger partial charge on any atom is 0.335 e. The maximum absolute atomic E-state index is 13.1. The van der Waals surface area contributed by atoms with E-state index in [1.165, 1.54) is 41.4 Å². The van der Waals surface area contributed by atoms with E-state index in [0.717, 1.165) is 25.9 Å². The van der Waals surface area contributed by atoms with Gasteiger partial charge in [-0.2, -0.15) is 4.68 Å². The van der Waals surface area contributed by atoms with Crippen LogP contribution in [-0.4, -0.2) is 62.2 Å². The fourth-order valence-electron chi connectivity index (χ4n) is 4.14. The van der Waals surface area contributed by atoms with Crippen LogP contribution >= 0.6 is 11.6 Å². The molecule has 3 aromatic rings. The van der Waals surface area contributed by atoms with Crippen LogP contribution in [0.5, 0.6) is 0 Å². The zero-order chi connectivity index (χ0) is 26.2. The van der Waals surface area contributed by atoms with Crippen molar-refractivity contribution in [3.8, 4) is 5.69 Å². The Kier molecular flexibility index (Phi) is 8.60. The lowest BCUT2D eigenvalue weighted by Gasteiger charge is -2.27. The lowest BCUT2D eigenvalue weighted by molar-refractivity contribution is -0.124. The van der Waals surface area contributed by atoms with Gasteiger partial charge in [-0.05, 0) is 97.2 Å². The number of piperidine rings is 1. The van der Waals surface area contributed by atoms with Gasteiger partial charge in [0.2, 0.25) is 11.8 Å². The highest BCUT2D eigenvalue weighted by molar-refractivity contribution is 6.30. The monoisotopic (exact) mass is 523 g/mol. The van der Waals surface area contributed by atoms with E-state index in [-0.39, 0.29) is 17.4 Å². The molecule has 2 amide bonds. The van der Waals surface area contributed by atoms with Crippen LogP contribution in [0.15, 0.2) is 54.9 Å². The lowest BCUT2D eigenvalue weighted by atomic mass is 9.92. The van der Waals surface area contributed by atoms with Gasteiger partial charge in [-0.1, -0.05) is 11.6 Å². The molecule has 0 saturated carbocycles. The Hall–Kier alpha value is -4.09.